The molecular weight excluding hydrogens is 247 g/mol. The fourth-order valence-corrected chi connectivity index (χ4v) is 1.99. The number of nitrogens with two attached hydrogens (primary N) is 2. The normalized spacial score (nSPS) is 12.5. The van der Waals surface area contributed by atoms with Crippen molar-refractivity contribution in [1.29, 1.82) is 0 Å². The highest BCUT2D eigenvalue weighted by molar-refractivity contribution is 5.86. The molecule has 19 heavy (non-hydrogen) atoms. The Balaban J connectivity index is 2.24. The number of hydrogen-bond acceptors (Lipinski definition) is 3. The fraction of sp³-hybridized carbons (Fsp3) is 0.214. The van der Waals surface area contributed by atoms with E-state index in [0.29, 0.717) is 5.39 Å². The molecule has 0 spiro atoms. The Hall–Kier alpha value is -1.98. The molecule has 1 unspecified atom stereocenters. The summed E-state index contributed by atoms with van der Waals surface area (Å²) in [6.45, 7) is -0.0224. The summed E-state index contributed by atoms with van der Waals surface area (Å²) in [7, 11) is 0. The first-order chi connectivity index (χ1) is 9.09. The van der Waals surface area contributed by atoms with Crippen LogP contribution >= 0.6 is 0 Å². The first kappa shape index (κ1) is 13.5. The van der Waals surface area contributed by atoms with Crippen LogP contribution in [0.4, 0.5) is 4.39 Å². The molecule has 0 aliphatic rings. The minimum Gasteiger partial charge on any atom is -0.370 e. The van der Waals surface area contributed by atoms with E-state index in [-0.39, 0.29) is 19.0 Å². The molecule has 1 atom stereocenters. The van der Waals surface area contributed by atoms with Gasteiger partial charge < -0.3 is 16.2 Å². The van der Waals surface area contributed by atoms with E-state index in [2.05, 4.69) is 0 Å². The third-order valence-corrected chi connectivity index (χ3v) is 2.85. The van der Waals surface area contributed by atoms with Crippen LogP contribution in [0.5, 0.6) is 0 Å². The second-order valence-corrected chi connectivity index (χ2v) is 4.27. The highest BCUT2D eigenvalue weighted by atomic mass is 19.1. The molecule has 0 aliphatic carbocycles. The van der Waals surface area contributed by atoms with Gasteiger partial charge in [0.15, 0.2) is 0 Å². The maximum absolute atomic E-state index is 13.7. The smallest absolute Gasteiger partial charge is 0.243 e. The zero-order chi connectivity index (χ0) is 13.8. The summed E-state index contributed by atoms with van der Waals surface area (Å²) in [6.07, 6.45) is 0. The quantitative estimate of drug-likeness (QED) is 0.856. The summed E-state index contributed by atoms with van der Waals surface area (Å²) in [5.74, 6) is -0.833. The topological polar surface area (TPSA) is 78.3 Å². The number of hydrogen-bond donors (Lipinski definition) is 2. The number of fused-ring (bicyclic) bond motifs is 1. The maximum atomic E-state index is 13.7. The Bertz CT molecular complexity index is 601. The molecule has 100 valence electrons. The summed E-state index contributed by atoms with van der Waals surface area (Å²) in [4.78, 5) is 10.6. The molecule has 4 N–H and O–H groups in total. The van der Waals surface area contributed by atoms with Crippen molar-refractivity contribution >= 4 is 16.7 Å². The van der Waals surface area contributed by atoms with E-state index in [4.69, 9.17) is 16.2 Å². The van der Waals surface area contributed by atoms with Crippen molar-refractivity contribution in [2.75, 3.05) is 13.2 Å². The second kappa shape index (κ2) is 5.77. The van der Waals surface area contributed by atoms with Gasteiger partial charge in [0.25, 0.3) is 0 Å². The zero-order valence-electron chi connectivity index (χ0n) is 10.3. The van der Waals surface area contributed by atoms with E-state index < -0.39 is 11.9 Å². The number of benzene rings is 2. The molecular formula is C14H15FN2O2. The Kier molecular flexibility index (Phi) is 4.09. The minimum atomic E-state index is -0.545. The SMILES string of the molecule is NC(=O)COCC(N)c1ccc(F)c2ccccc12. The van der Waals surface area contributed by atoms with Crippen LogP contribution in [0.1, 0.15) is 11.6 Å². The van der Waals surface area contributed by atoms with E-state index >= 15 is 0 Å². The summed E-state index contributed by atoms with van der Waals surface area (Å²) in [5, 5.41) is 1.27. The summed E-state index contributed by atoms with van der Waals surface area (Å²) >= 11 is 0. The van der Waals surface area contributed by atoms with Gasteiger partial charge in [0, 0.05) is 5.39 Å². The molecule has 1 amide bonds. The number of ether oxygens (including phenoxy) is 1. The molecule has 0 saturated carbocycles. The van der Waals surface area contributed by atoms with Gasteiger partial charge >= 0.3 is 0 Å². The van der Waals surface area contributed by atoms with Gasteiger partial charge in [0.1, 0.15) is 12.4 Å². The molecule has 0 bridgehead atoms. The number of carbonyl (C=O) groups is 1. The van der Waals surface area contributed by atoms with E-state index in [9.17, 15) is 9.18 Å². The van der Waals surface area contributed by atoms with Crippen LogP contribution in [0.3, 0.4) is 0 Å². The highest BCUT2D eigenvalue weighted by Gasteiger charge is 2.12. The van der Waals surface area contributed by atoms with Crippen LogP contribution in [0, 0.1) is 5.82 Å². The van der Waals surface area contributed by atoms with Crippen molar-refractivity contribution in [2.45, 2.75) is 6.04 Å². The highest BCUT2D eigenvalue weighted by Crippen LogP contribution is 2.25. The summed E-state index contributed by atoms with van der Waals surface area (Å²) in [6, 6.07) is 9.67. The molecule has 2 rings (SSSR count). The van der Waals surface area contributed by atoms with Gasteiger partial charge in [-0.1, -0.05) is 30.3 Å². The Morgan fingerprint density at radius 2 is 1.89 bits per heavy atom. The van der Waals surface area contributed by atoms with Gasteiger partial charge in [0.2, 0.25) is 5.91 Å². The zero-order valence-corrected chi connectivity index (χ0v) is 10.3. The minimum absolute atomic E-state index is 0.151. The lowest BCUT2D eigenvalue weighted by Gasteiger charge is -2.15. The molecule has 0 heterocycles. The fourth-order valence-electron chi connectivity index (χ4n) is 1.99. The Labute approximate surface area is 110 Å². The van der Waals surface area contributed by atoms with Crippen LogP contribution in [-0.4, -0.2) is 19.1 Å². The lowest BCUT2D eigenvalue weighted by Crippen LogP contribution is -2.23. The number of halogens is 1. The largest absolute Gasteiger partial charge is 0.370 e. The predicted octanol–water partition coefficient (Wildman–Crippen LogP) is 1.48. The van der Waals surface area contributed by atoms with Crippen molar-refractivity contribution < 1.29 is 13.9 Å². The standard InChI is InChI=1S/C14H15FN2O2/c15-12-6-5-11(9-3-1-2-4-10(9)12)13(16)7-19-8-14(17)18/h1-6,13H,7-8,16H2,(H2,17,18). The molecule has 2 aromatic carbocycles. The number of rotatable bonds is 5. The first-order valence-electron chi connectivity index (χ1n) is 5.88. The first-order valence-corrected chi connectivity index (χ1v) is 5.88. The predicted molar refractivity (Wildman–Crippen MR) is 70.8 cm³/mol. The van der Waals surface area contributed by atoms with Gasteiger partial charge in [-0.25, -0.2) is 4.39 Å². The number of primary amides is 1. The molecule has 0 fully saturated rings. The average Bonchev–Trinajstić information content (AvgIpc) is 2.39. The van der Waals surface area contributed by atoms with Crippen molar-refractivity contribution in [3.05, 3.63) is 47.8 Å². The van der Waals surface area contributed by atoms with E-state index in [1.165, 1.54) is 6.07 Å². The van der Waals surface area contributed by atoms with Crippen LogP contribution < -0.4 is 11.5 Å². The monoisotopic (exact) mass is 262 g/mol. The Morgan fingerprint density at radius 1 is 1.21 bits per heavy atom. The second-order valence-electron chi connectivity index (χ2n) is 4.27. The molecule has 0 radical (unpaired) electrons. The molecule has 0 aliphatic heterocycles. The van der Waals surface area contributed by atoms with Crippen molar-refractivity contribution in [3.8, 4) is 0 Å². The van der Waals surface area contributed by atoms with Gasteiger partial charge in [-0.05, 0) is 17.0 Å². The van der Waals surface area contributed by atoms with Crippen molar-refractivity contribution in [3.63, 3.8) is 0 Å². The third kappa shape index (κ3) is 3.07. The van der Waals surface area contributed by atoms with Gasteiger partial charge in [0.05, 0.1) is 12.6 Å². The lowest BCUT2D eigenvalue weighted by molar-refractivity contribution is -0.122. The third-order valence-electron chi connectivity index (χ3n) is 2.85. The van der Waals surface area contributed by atoms with Gasteiger partial charge in [-0.3, -0.25) is 4.79 Å². The number of amides is 1. The van der Waals surface area contributed by atoms with Gasteiger partial charge in [-0.2, -0.15) is 0 Å². The van der Waals surface area contributed by atoms with E-state index in [1.807, 2.05) is 12.1 Å². The van der Waals surface area contributed by atoms with E-state index in [0.717, 1.165) is 10.9 Å². The molecule has 0 aromatic heterocycles. The van der Waals surface area contributed by atoms with Crippen LogP contribution in [0.2, 0.25) is 0 Å². The molecule has 4 nitrogen and oxygen atoms in total. The average molecular weight is 262 g/mol. The summed E-state index contributed by atoms with van der Waals surface area (Å²) in [5.41, 5.74) is 11.8. The molecule has 5 heteroatoms. The lowest BCUT2D eigenvalue weighted by atomic mass is 9.99. The van der Waals surface area contributed by atoms with Crippen molar-refractivity contribution in [2.24, 2.45) is 11.5 Å². The van der Waals surface area contributed by atoms with Crippen LogP contribution in [-0.2, 0) is 9.53 Å². The van der Waals surface area contributed by atoms with E-state index in [1.54, 1.807) is 18.2 Å². The van der Waals surface area contributed by atoms with Crippen LogP contribution in [0.25, 0.3) is 10.8 Å². The van der Waals surface area contributed by atoms with Gasteiger partial charge in [-0.15, -0.1) is 0 Å². The Morgan fingerprint density at radius 3 is 2.58 bits per heavy atom. The van der Waals surface area contributed by atoms with Crippen molar-refractivity contribution in [1.82, 2.24) is 0 Å². The molecule has 2 aromatic rings. The van der Waals surface area contributed by atoms with Crippen LogP contribution in [0.15, 0.2) is 36.4 Å². The maximum Gasteiger partial charge on any atom is 0.243 e. The molecule has 0 saturated heterocycles. The summed E-state index contributed by atoms with van der Waals surface area (Å²) < 4.78 is 18.8. The number of carbonyl (C=O) groups excluding carboxylic acids is 1.